The molecule has 2 aliphatic rings. The van der Waals surface area contributed by atoms with E-state index in [4.69, 9.17) is 14.2 Å². The molecule has 2 atom stereocenters. The first-order chi connectivity index (χ1) is 16.7. The summed E-state index contributed by atoms with van der Waals surface area (Å²) in [6, 6.07) is 14.3. The van der Waals surface area contributed by atoms with Crippen molar-refractivity contribution in [1.82, 2.24) is 14.9 Å². The van der Waals surface area contributed by atoms with Gasteiger partial charge in [-0.2, -0.15) is 0 Å². The van der Waals surface area contributed by atoms with E-state index < -0.39 is 0 Å². The Morgan fingerprint density at radius 2 is 1.76 bits per heavy atom. The van der Waals surface area contributed by atoms with Crippen molar-refractivity contribution in [3.8, 4) is 5.75 Å². The molecule has 3 aromatic rings. The molecule has 178 valence electrons. The number of amides is 1. The van der Waals surface area contributed by atoms with Crippen LogP contribution in [0.5, 0.6) is 5.75 Å². The number of nitrogens with zero attached hydrogens (tertiary/aromatic N) is 2. The monoisotopic (exact) mass is 463 g/mol. The van der Waals surface area contributed by atoms with Crippen LogP contribution in [0.15, 0.2) is 53.3 Å². The van der Waals surface area contributed by atoms with Gasteiger partial charge in [0.25, 0.3) is 11.5 Å². The van der Waals surface area contributed by atoms with Gasteiger partial charge in [-0.1, -0.05) is 12.1 Å². The first kappa shape index (κ1) is 22.6. The summed E-state index contributed by atoms with van der Waals surface area (Å²) < 4.78 is 17.2. The molecular weight excluding hydrogens is 434 g/mol. The molecular formula is C26H29N3O5. The van der Waals surface area contributed by atoms with E-state index in [1.807, 2.05) is 18.2 Å². The molecule has 1 N–H and O–H groups in total. The number of benzene rings is 2. The van der Waals surface area contributed by atoms with E-state index in [0.717, 1.165) is 32.3 Å². The third-order valence-corrected chi connectivity index (χ3v) is 6.30. The van der Waals surface area contributed by atoms with Gasteiger partial charge < -0.3 is 24.1 Å². The summed E-state index contributed by atoms with van der Waals surface area (Å²) in [4.78, 5) is 35.1. The van der Waals surface area contributed by atoms with Crippen molar-refractivity contribution < 1.29 is 19.0 Å². The van der Waals surface area contributed by atoms with E-state index in [0.29, 0.717) is 47.8 Å². The quantitative estimate of drug-likeness (QED) is 0.551. The molecule has 2 saturated heterocycles. The second-order valence-electron chi connectivity index (χ2n) is 8.82. The minimum absolute atomic E-state index is 0.0230. The smallest absolute Gasteiger partial charge is 0.258 e. The maximum atomic E-state index is 13.5. The molecule has 2 fully saturated rings. The van der Waals surface area contributed by atoms with Crippen LogP contribution in [0, 0.1) is 0 Å². The lowest BCUT2D eigenvalue weighted by molar-refractivity contribution is 0.0501. The summed E-state index contributed by atoms with van der Waals surface area (Å²) in [6.07, 6.45) is 4.08. The van der Waals surface area contributed by atoms with Gasteiger partial charge in [0.15, 0.2) is 0 Å². The fraction of sp³-hybridized carbons (Fsp3) is 0.423. The van der Waals surface area contributed by atoms with Crippen LogP contribution in [0.4, 0.5) is 0 Å². The molecule has 3 heterocycles. The zero-order chi connectivity index (χ0) is 23.3. The van der Waals surface area contributed by atoms with E-state index in [1.165, 1.54) is 0 Å². The van der Waals surface area contributed by atoms with Gasteiger partial charge in [0.05, 0.1) is 29.7 Å². The van der Waals surface area contributed by atoms with Gasteiger partial charge in [-0.3, -0.25) is 9.59 Å². The number of hydrogen-bond donors (Lipinski definition) is 1. The van der Waals surface area contributed by atoms with Crippen LogP contribution in [0.1, 0.15) is 41.9 Å². The first-order valence-electron chi connectivity index (χ1n) is 11.9. The van der Waals surface area contributed by atoms with Crippen molar-refractivity contribution in [2.75, 3.05) is 26.4 Å². The lowest BCUT2D eigenvalue weighted by Gasteiger charge is -2.25. The Labute approximate surface area is 197 Å². The Morgan fingerprint density at radius 1 is 1.03 bits per heavy atom. The molecule has 0 aliphatic carbocycles. The zero-order valence-corrected chi connectivity index (χ0v) is 19.1. The van der Waals surface area contributed by atoms with Crippen LogP contribution in [0.2, 0.25) is 0 Å². The van der Waals surface area contributed by atoms with Gasteiger partial charge in [-0.25, -0.2) is 4.98 Å². The topological polar surface area (TPSA) is 93.8 Å². The number of ether oxygens (including phenoxy) is 3. The van der Waals surface area contributed by atoms with E-state index in [9.17, 15) is 9.59 Å². The lowest BCUT2D eigenvalue weighted by atomic mass is 10.1. The Morgan fingerprint density at radius 3 is 2.50 bits per heavy atom. The van der Waals surface area contributed by atoms with E-state index >= 15 is 0 Å². The van der Waals surface area contributed by atoms with Crippen LogP contribution in [0.3, 0.4) is 0 Å². The van der Waals surface area contributed by atoms with Crippen LogP contribution in [-0.2, 0) is 16.0 Å². The van der Waals surface area contributed by atoms with Gasteiger partial charge in [-0.05, 0) is 62.1 Å². The number of H-pyrrole nitrogens is 1. The molecule has 0 spiro atoms. The Hall–Kier alpha value is -3.23. The Kier molecular flexibility index (Phi) is 6.87. The first-order valence-corrected chi connectivity index (χ1v) is 11.9. The maximum absolute atomic E-state index is 13.5. The zero-order valence-electron chi connectivity index (χ0n) is 19.1. The molecule has 0 saturated carbocycles. The Balaban J connectivity index is 1.32. The van der Waals surface area contributed by atoms with Crippen LogP contribution >= 0.6 is 0 Å². The molecule has 1 amide bonds. The highest BCUT2D eigenvalue weighted by Crippen LogP contribution is 2.20. The minimum atomic E-state index is -0.210. The average molecular weight is 464 g/mol. The van der Waals surface area contributed by atoms with E-state index in [2.05, 4.69) is 9.97 Å². The number of aromatic nitrogens is 2. The van der Waals surface area contributed by atoms with Gasteiger partial charge >= 0.3 is 0 Å². The van der Waals surface area contributed by atoms with Crippen LogP contribution in [0.25, 0.3) is 10.9 Å². The van der Waals surface area contributed by atoms with Gasteiger partial charge in [0.1, 0.15) is 18.2 Å². The van der Waals surface area contributed by atoms with Gasteiger partial charge in [0.2, 0.25) is 0 Å². The summed E-state index contributed by atoms with van der Waals surface area (Å²) in [5.74, 6) is 1.02. The lowest BCUT2D eigenvalue weighted by Crippen LogP contribution is -2.37. The highest BCUT2D eigenvalue weighted by Gasteiger charge is 2.25. The second-order valence-corrected chi connectivity index (χ2v) is 8.82. The summed E-state index contributed by atoms with van der Waals surface area (Å²) in [5, 5.41) is 0.529. The third-order valence-electron chi connectivity index (χ3n) is 6.30. The molecule has 5 rings (SSSR count). The number of fused-ring (bicyclic) bond motifs is 1. The number of carbonyl (C=O) groups is 1. The molecule has 0 radical (unpaired) electrons. The van der Waals surface area contributed by atoms with Crippen molar-refractivity contribution >= 4 is 16.8 Å². The summed E-state index contributed by atoms with van der Waals surface area (Å²) in [7, 11) is 0. The number of nitrogens with one attached hydrogen (secondary N) is 1. The SMILES string of the molecule is O=C(c1ccc(OCC2CCCO2)cc1)N(Cc1nc2ccccc2c(=O)[nH]1)CC1CCCO1. The number of rotatable bonds is 8. The standard InChI is InChI=1S/C26H29N3O5/c30-25-22-7-1-2-8-23(22)27-24(28-25)16-29(15-20-5-3-13-32-20)26(31)18-9-11-19(12-10-18)34-17-21-6-4-14-33-21/h1-2,7-12,20-21H,3-6,13-17H2,(H,27,28,30). The number of carbonyl (C=O) groups excluding carboxylic acids is 1. The highest BCUT2D eigenvalue weighted by atomic mass is 16.5. The molecule has 8 heteroatoms. The Bertz CT molecular complexity index is 1180. The van der Waals surface area contributed by atoms with E-state index in [-0.39, 0.29) is 30.2 Å². The second kappa shape index (κ2) is 10.4. The molecule has 2 aliphatic heterocycles. The highest BCUT2D eigenvalue weighted by molar-refractivity contribution is 5.94. The molecule has 8 nitrogen and oxygen atoms in total. The van der Waals surface area contributed by atoms with Gasteiger partial charge in [0, 0.05) is 25.3 Å². The number of aromatic amines is 1. The maximum Gasteiger partial charge on any atom is 0.258 e. The van der Waals surface area contributed by atoms with Crippen LogP contribution < -0.4 is 10.3 Å². The molecule has 34 heavy (non-hydrogen) atoms. The van der Waals surface area contributed by atoms with Crippen molar-refractivity contribution in [3.05, 3.63) is 70.3 Å². The van der Waals surface area contributed by atoms with Crippen LogP contribution in [-0.4, -0.2) is 59.3 Å². The fourth-order valence-corrected chi connectivity index (χ4v) is 4.49. The number of para-hydroxylation sites is 1. The van der Waals surface area contributed by atoms with Crippen molar-refractivity contribution in [3.63, 3.8) is 0 Å². The normalized spacial score (nSPS) is 20.0. The predicted molar refractivity (Wildman–Crippen MR) is 127 cm³/mol. The molecule has 1 aromatic heterocycles. The van der Waals surface area contributed by atoms with Crippen molar-refractivity contribution in [2.24, 2.45) is 0 Å². The van der Waals surface area contributed by atoms with Gasteiger partial charge in [-0.15, -0.1) is 0 Å². The summed E-state index contributed by atoms with van der Waals surface area (Å²) in [5.41, 5.74) is 0.946. The summed E-state index contributed by atoms with van der Waals surface area (Å²) >= 11 is 0. The minimum Gasteiger partial charge on any atom is -0.491 e. The van der Waals surface area contributed by atoms with Crippen molar-refractivity contribution in [1.29, 1.82) is 0 Å². The number of hydrogen-bond acceptors (Lipinski definition) is 6. The average Bonchev–Trinajstić information content (AvgIpc) is 3.57. The largest absolute Gasteiger partial charge is 0.491 e. The predicted octanol–water partition coefficient (Wildman–Crippen LogP) is 3.30. The molecule has 2 aromatic carbocycles. The van der Waals surface area contributed by atoms with Crippen molar-refractivity contribution in [2.45, 2.75) is 44.4 Å². The molecule has 2 unspecified atom stereocenters. The summed E-state index contributed by atoms with van der Waals surface area (Å²) in [6.45, 7) is 2.63. The molecule has 0 bridgehead atoms. The third kappa shape index (κ3) is 5.29. The fourth-order valence-electron chi connectivity index (χ4n) is 4.49. The van der Waals surface area contributed by atoms with E-state index in [1.54, 1.807) is 35.2 Å².